The molecule has 0 aliphatic heterocycles. The Morgan fingerprint density at radius 3 is 2.89 bits per heavy atom. The summed E-state index contributed by atoms with van der Waals surface area (Å²) >= 11 is 3.27. The van der Waals surface area contributed by atoms with Crippen molar-refractivity contribution in [2.45, 2.75) is 26.5 Å². The lowest BCUT2D eigenvalue weighted by molar-refractivity contribution is 0.234. The maximum Gasteiger partial charge on any atom is 0.237 e. The smallest absolute Gasteiger partial charge is 0.237 e. The minimum Gasteiger partial charge on any atom is -0.473 e. The molecule has 0 aliphatic rings. The van der Waals surface area contributed by atoms with Gasteiger partial charge < -0.3 is 14.5 Å². The number of hydrogen-bond donors (Lipinski definition) is 1. The van der Waals surface area contributed by atoms with Crippen LogP contribution in [0.4, 0.5) is 5.69 Å². The lowest BCUT2D eigenvalue weighted by Gasteiger charge is -2.13. The quantitative estimate of drug-likeness (QED) is 0.911. The lowest BCUT2D eigenvalue weighted by Crippen LogP contribution is -2.09. The fraction of sp³-hybridized carbons (Fsp3) is 0.308. The number of pyridine rings is 1. The van der Waals surface area contributed by atoms with Gasteiger partial charge in [-0.2, -0.15) is 0 Å². The Balaban J connectivity index is 2.04. The van der Waals surface area contributed by atoms with E-state index in [1.807, 2.05) is 38.1 Å². The van der Waals surface area contributed by atoms with Crippen LogP contribution in [-0.4, -0.2) is 11.1 Å². The fourth-order valence-electron chi connectivity index (χ4n) is 1.47. The monoisotopic (exact) mass is 310 g/mol. The molecule has 0 atom stereocenters. The topological polar surface area (TPSA) is 47.3 Å². The Morgan fingerprint density at radius 2 is 2.22 bits per heavy atom. The van der Waals surface area contributed by atoms with Gasteiger partial charge in [0.05, 0.1) is 18.3 Å². The normalized spacial score (nSPS) is 10.7. The Hall–Kier alpha value is -1.49. The van der Waals surface area contributed by atoms with Crippen LogP contribution in [0.15, 0.2) is 39.5 Å². The zero-order valence-electron chi connectivity index (χ0n) is 10.3. The van der Waals surface area contributed by atoms with Gasteiger partial charge in [-0.15, -0.1) is 0 Å². The zero-order valence-corrected chi connectivity index (χ0v) is 11.9. The predicted molar refractivity (Wildman–Crippen MR) is 73.7 cm³/mol. The maximum atomic E-state index is 5.63. The van der Waals surface area contributed by atoms with E-state index in [1.54, 1.807) is 6.20 Å². The molecule has 0 spiro atoms. The van der Waals surface area contributed by atoms with E-state index in [-0.39, 0.29) is 6.10 Å². The van der Waals surface area contributed by atoms with Gasteiger partial charge in [0, 0.05) is 6.20 Å². The summed E-state index contributed by atoms with van der Waals surface area (Å²) in [6.45, 7) is 4.54. The highest BCUT2D eigenvalue weighted by molar-refractivity contribution is 9.10. The number of nitrogens with zero attached hydrogens (tertiary/aromatic N) is 1. The number of nitrogens with one attached hydrogen (secondary N) is 1. The Bertz CT molecular complexity index is 511. The molecule has 2 aromatic rings. The first-order chi connectivity index (χ1) is 8.65. The molecule has 0 unspecified atom stereocenters. The highest BCUT2D eigenvalue weighted by Crippen LogP contribution is 2.23. The number of anilines is 1. The molecule has 0 aliphatic carbocycles. The van der Waals surface area contributed by atoms with Crippen LogP contribution in [0, 0.1) is 0 Å². The van der Waals surface area contributed by atoms with E-state index >= 15 is 0 Å². The van der Waals surface area contributed by atoms with Crippen LogP contribution in [0.5, 0.6) is 5.88 Å². The number of hydrogen-bond acceptors (Lipinski definition) is 4. The summed E-state index contributed by atoms with van der Waals surface area (Å²) in [7, 11) is 0. The van der Waals surface area contributed by atoms with Crippen molar-refractivity contribution in [3.05, 3.63) is 40.9 Å². The van der Waals surface area contributed by atoms with Gasteiger partial charge >= 0.3 is 0 Å². The lowest BCUT2D eigenvalue weighted by atomic mass is 10.3. The average Bonchev–Trinajstić information content (AvgIpc) is 2.73. The van der Waals surface area contributed by atoms with Crippen molar-refractivity contribution >= 4 is 21.6 Å². The number of halogens is 1. The third-order valence-electron chi connectivity index (χ3n) is 2.20. The molecule has 5 heteroatoms. The Labute approximate surface area is 114 Å². The van der Waals surface area contributed by atoms with Crippen molar-refractivity contribution < 1.29 is 9.15 Å². The molecule has 4 nitrogen and oxygen atoms in total. The van der Waals surface area contributed by atoms with Crippen LogP contribution in [0.1, 0.15) is 19.6 Å². The zero-order chi connectivity index (χ0) is 13.0. The maximum absolute atomic E-state index is 5.63. The molecule has 0 saturated carbocycles. The molecule has 2 rings (SSSR count). The van der Waals surface area contributed by atoms with Crippen LogP contribution in [0.3, 0.4) is 0 Å². The van der Waals surface area contributed by atoms with E-state index in [9.17, 15) is 0 Å². The molecule has 2 aromatic heterocycles. The Morgan fingerprint density at radius 1 is 1.39 bits per heavy atom. The van der Waals surface area contributed by atoms with Gasteiger partial charge in [0.1, 0.15) is 5.76 Å². The summed E-state index contributed by atoms with van der Waals surface area (Å²) < 4.78 is 11.8. The van der Waals surface area contributed by atoms with Crippen LogP contribution < -0.4 is 10.1 Å². The van der Waals surface area contributed by atoms with Gasteiger partial charge in [0.15, 0.2) is 4.67 Å². The third kappa shape index (κ3) is 3.50. The van der Waals surface area contributed by atoms with E-state index in [4.69, 9.17) is 9.15 Å². The standard InChI is InChI=1S/C13H15BrN2O2/c1-9(2)17-13-11(4-3-7-15-13)16-8-10-5-6-12(14)18-10/h3-7,9,16H,8H2,1-2H3. The molecule has 0 fully saturated rings. The van der Waals surface area contributed by atoms with Crippen molar-refractivity contribution in [1.82, 2.24) is 4.98 Å². The Kier molecular flexibility index (Phi) is 4.25. The van der Waals surface area contributed by atoms with Gasteiger partial charge in [-0.05, 0) is 54.0 Å². The van der Waals surface area contributed by atoms with Crippen molar-refractivity contribution in [1.29, 1.82) is 0 Å². The van der Waals surface area contributed by atoms with E-state index in [1.165, 1.54) is 0 Å². The summed E-state index contributed by atoms with van der Waals surface area (Å²) in [6, 6.07) is 7.58. The molecule has 0 radical (unpaired) electrons. The molecule has 0 bridgehead atoms. The molecular weight excluding hydrogens is 296 g/mol. The molecule has 0 amide bonds. The first-order valence-electron chi connectivity index (χ1n) is 5.75. The first kappa shape index (κ1) is 13.0. The highest BCUT2D eigenvalue weighted by Gasteiger charge is 2.07. The molecule has 18 heavy (non-hydrogen) atoms. The van der Waals surface area contributed by atoms with E-state index in [0.29, 0.717) is 12.4 Å². The molecule has 0 aromatic carbocycles. The van der Waals surface area contributed by atoms with E-state index in [0.717, 1.165) is 16.1 Å². The summed E-state index contributed by atoms with van der Waals surface area (Å²) in [5.41, 5.74) is 0.860. The van der Waals surface area contributed by atoms with Crippen LogP contribution in [0.25, 0.3) is 0 Å². The second-order valence-electron chi connectivity index (χ2n) is 4.08. The number of furan rings is 1. The van der Waals surface area contributed by atoms with Crippen molar-refractivity contribution in [3.8, 4) is 5.88 Å². The average molecular weight is 311 g/mol. The van der Waals surface area contributed by atoms with Gasteiger partial charge in [-0.3, -0.25) is 0 Å². The highest BCUT2D eigenvalue weighted by atomic mass is 79.9. The second kappa shape index (κ2) is 5.91. The minimum atomic E-state index is 0.0956. The summed E-state index contributed by atoms with van der Waals surface area (Å²) in [4.78, 5) is 4.21. The van der Waals surface area contributed by atoms with Gasteiger partial charge in [0.25, 0.3) is 0 Å². The summed E-state index contributed by atoms with van der Waals surface area (Å²) in [6.07, 6.45) is 1.81. The van der Waals surface area contributed by atoms with Crippen LogP contribution >= 0.6 is 15.9 Å². The molecule has 0 saturated heterocycles. The predicted octanol–water partition coefficient (Wildman–Crippen LogP) is 3.84. The van der Waals surface area contributed by atoms with Crippen LogP contribution in [0.2, 0.25) is 0 Å². The minimum absolute atomic E-state index is 0.0956. The first-order valence-corrected chi connectivity index (χ1v) is 6.54. The van der Waals surface area contributed by atoms with Crippen molar-refractivity contribution in [3.63, 3.8) is 0 Å². The fourth-order valence-corrected chi connectivity index (χ4v) is 1.81. The van der Waals surface area contributed by atoms with Crippen molar-refractivity contribution in [2.24, 2.45) is 0 Å². The third-order valence-corrected chi connectivity index (χ3v) is 2.63. The van der Waals surface area contributed by atoms with E-state index in [2.05, 4.69) is 26.2 Å². The van der Waals surface area contributed by atoms with Crippen LogP contribution in [-0.2, 0) is 6.54 Å². The molecule has 1 N–H and O–H groups in total. The molecule has 96 valence electrons. The summed E-state index contributed by atoms with van der Waals surface area (Å²) in [5, 5.41) is 3.25. The molecule has 2 heterocycles. The SMILES string of the molecule is CC(C)Oc1ncccc1NCc1ccc(Br)o1. The number of ether oxygens (including phenoxy) is 1. The van der Waals surface area contributed by atoms with Gasteiger partial charge in [-0.1, -0.05) is 0 Å². The van der Waals surface area contributed by atoms with Gasteiger partial charge in [0.2, 0.25) is 5.88 Å². The second-order valence-corrected chi connectivity index (χ2v) is 4.86. The largest absolute Gasteiger partial charge is 0.473 e. The van der Waals surface area contributed by atoms with E-state index < -0.39 is 0 Å². The molecular formula is C13H15BrN2O2. The number of aromatic nitrogens is 1. The summed E-state index contributed by atoms with van der Waals surface area (Å²) in [5.74, 6) is 1.46. The van der Waals surface area contributed by atoms with Gasteiger partial charge in [-0.25, -0.2) is 4.98 Å². The number of rotatable bonds is 5. The van der Waals surface area contributed by atoms with Crippen molar-refractivity contribution in [2.75, 3.05) is 5.32 Å².